The SMILES string of the molecule is COc1cc(OC)cc(C(=O)Nc2ncc3c(n2)C[C@@H](c2ccccc2)CC3=O)c1. The number of benzene rings is 2. The van der Waals surface area contributed by atoms with Gasteiger partial charge in [-0.3, -0.25) is 14.9 Å². The van der Waals surface area contributed by atoms with E-state index < -0.39 is 5.91 Å². The van der Waals surface area contributed by atoms with Crippen LogP contribution in [0.25, 0.3) is 0 Å². The molecule has 0 bridgehead atoms. The van der Waals surface area contributed by atoms with Gasteiger partial charge in [0.05, 0.1) is 25.5 Å². The molecule has 0 unspecified atom stereocenters. The molecular weight excluding hydrogens is 382 g/mol. The first-order valence-corrected chi connectivity index (χ1v) is 9.56. The Morgan fingerprint density at radius 3 is 2.40 bits per heavy atom. The molecular formula is C23H21N3O4. The predicted octanol–water partition coefficient (Wildman–Crippen LogP) is 3.66. The molecule has 1 aliphatic carbocycles. The van der Waals surface area contributed by atoms with Crippen LogP contribution in [-0.2, 0) is 6.42 Å². The lowest BCUT2D eigenvalue weighted by atomic mass is 9.82. The minimum absolute atomic E-state index is 0.0144. The van der Waals surface area contributed by atoms with Crippen molar-refractivity contribution in [3.05, 3.63) is 77.1 Å². The number of ether oxygens (including phenoxy) is 2. The molecule has 3 aromatic rings. The molecule has 1 amide bonds. The summed E-state index contributed by atoms with van der Waals surface area (Å²) in [6.45, 7) is 0. The summed E-state index contributed by atoms with van der Waals surface area (Å²) in [5.41, 5.74) is 2.62. The second kappa shape index (κ2) is 8.32. The summed E-state index contributed by atoms with van der Waals surface area (Å²) in [7, 11) is 3.03. The average molecular weight is 403 g/mol. The van der Waals surface area contributed by atoms with Crippen molar-refractivity contribution < 1.29 is 19.1 Å². The van der Waals surface area contributed by atoms with E-state index in [1.165, 1.54) is 20.4 Å². The number of rotatable bonds is 5. The molecule has 1 N–H and O–H groups in total. The Hall–Kier alpha value is -3.74. The van der Waals surface area contributed by atoms with Crippen LogP contribution in [0.2, 0.25) is 0 Å². The maximum atomic E-state index is 12.7. The van der Waals surface area contributed by atoms with Gasteiger partial charge in [-0.05, 0) is 30.0 Å². The van der Waals surface area contributed by atoms with Crippen LogP contribution in [0.3, 0.4) is 0 Å². The van der Waals surface area contributed by atoms with Crippen LogP contribution in [0.4, 0.5) is 5.95 Å². The second-order valence-electron chi connectivity index (χ2n) is 7.05. The van der Waals surface area contributed by atoms with Gasteiger partial charge in [0.15, 0.2) is 5.78 Å². The van der Waals surface area contributed by atoms with Crippen LogP contribution in [0, 0.1) is 0 Å². The van der Waals surface area contributed by atoms with Crippen LogP contribution in [0.15, 0.2) is 54.7 Å². The Labute approximate surface area is 174 Å². The Morgan fingerprint density at radius 2 is 1.73 bits per heavy atom. The fourth-order valence-electron chi connectivity index (χ4n) is 3.58. The van der Waals surface area contributed by atoms with E-state index in [4.69, 9.17) is 9.47 Å². The smallest absolute Gasteiger partial charge is 0.258 e. The van der Waals surface area contributed by atoms with Crippen molar-refractivity contribution in [1.29, 1.82) is 0 Å². The molecule has 30 heavy (non-hydrogen) atoms. The van der Waals surface area contributed by atoms with Gasteiger partial charge in [0, 0.05) is 24.2 Å². The summed E-state index contributed by atoms with van der Waals surface area (Å²) in [4.78, 5) is 33.9. The number of fused-ring (bicyclic) bond motifs is 1. The van der Waals surface area contributed by atoms with E-state index in [2.05, 4.69) is 15.3 Å². The molecule has 1 heterocycles. The van der Waals surface area contributed by atoms with Gasteiger partial charge in [0.2, 0.25) is 5.95 Å². The molecule has 1 aliphatic rings. The van der Waals surface area contributed by atoms with Crippen LogP contribution in [-0.4, -0.2) is 35.9 Å². The summed E-state index contributed by atoms with van der Waals surface area (Å²) in [6.07, 6.45) is 2.53. The lowest BCUT2D eigenvalue weighted by Crippen LogP contribution is -2.22. The molecule has 0 saturated heterocycles. The quantitative estimate of drug-likeness (QED) is 0.699. The van der Waals surface area contributed by atoms with Crippen molar-refractivity contribution in [3.63, 3.8) is 0 Å². The third-order valence-corrected chi connectivity index (χ3v) is 5.15. The minimum atomic E-state index is -0.395. The second-order valence-corrected chi connectivity index (χ2v) is 7.05. The van der Waals surface area contributed by atoms with Crippen molar-refractivity contribution >= 4 is 17.6 Å². The van der Waals surface area contributed by atoms with Gasteiger partial charge in [-0.1, -0.05) is 30.3 Å². The molecule has 7 nitrogen and oxygen atoms in total. The maximum absolute atomic E-state index is 12.7. The lowest BCUT2D eigenvalue weighted by molar-refractivity contribution is 0.0962. The molecule has 4 rings (SSSR count). The lowest BCUT2D eigenvalue weighted by Gasteiger charge is -2.23. The van der Waals surface area contributed by atoms with Gasteiger partial charge in [-0.25, -0.2) is 9.97 Å². The zero-order valence-corrected chi connectivity index (χ0v) is 16.7. The fraction of sp³-hybridized carbons (Fsp3) is 0.217. The largest absolute Gasteiger partial charge is 0.497 e. The Kier molecular flexibility index (Phi) is 5.43. The Bertz CT molecular complexity index is 1080. The molecule has 0 fully saturated rings. The van der Waals surface area contributed by atoms with Gasteiger partial charge in [-0.15, -0.1) is 0 Å². The van der Waals surface area contributed by atoms with E-state index in [0.717, 1.165) is 5.56 Å². The molecule has 1 aromatic heterocycles. The number of methoxy groups -OCH3 is 2. The van der Waals surface area contributed by atoms with Gasteiger partial charge in [0.1, 0.15) is 11.5 Å². The maximum Gasteiger partial charge on any atom is 0.258 e. The van der Waals surface area contributed by atoms with Crippen LogP contribution < -0.4 is 14.8 Å². The number of Topliss-reactive ketones (excluding diaryl/α,β-unsaturated/α-hetero) is 1. The number of carbonyl (C=O) groups excluding carboxylic acids is 2. The first kappa shape index (κ1) is 19.6. The minimum Gasteiger partial charge on any atom is -0.497 e. The Balaban J connectivity index is 1.57. The zero-order chi connectivity index (χ0) is 21.1. The number of nitrogens with one attached hydrogen (secondary N) is 1. The normalized spacial score (nSPS) is 15.3. The van der Waals surface area contributed by atoms with Crippen molar-refractivity contribution in [2.24, 2.45) is 0 Å². The molecule has 0 aliphatic heterocycles. The van der Waals surface area contributed by atoms with Crippen molar-refractivity contribution in [2.75, 3.05) is 19.5 Å². The number of ketones is 1. The molecule has 1 atom stereocenters. The van der Waals surface area contributed by atoms with Crippen LogP contribution in [0.5, 0.6) is 11.5 Å². The molecule has 2 aromatic carbocycles. The highest BCUT2D eigenvalue weighted by atomic mass is 16.5. The summed E-state index contributed by atoms with van der Waals surface area (Å²) in [6, 6.07) is 14.8. The topological polar surface area (TPSA) is 90.4 Å². The highest BCUT2D eigenvalue weighted by molar-refractivity contribution is 6.04. The number of aromatic nitrogens is 2. The van der Waals surface area contributed by atoms with E-state index in [0.29, 0.717) is 41.2 Å². The van der Waals surface area contributed by atoms with Gasteiger partial charge >= 0.3 is 0 Å². The molecule has 7 heteroatoms. The highest BCUT2D eigenvalue weighted by Crippen LogP contribution is 2.32. The molecule has 0 saturated carbocycles. The van der Waals surface area contributed by atoms with Gasteiger partial charge in [0.25, 0.3) is 5.91 Å². The third-order valence-electron chi connectivity index (χ3n) is 5.15. The van der Waals surface area contributed by atoms with E-state index >= 15 is 0 Å². The number of nitrogens with zero attached hydrogens (tertiary/aromatic N) is 2. The molecule has 152 valence electrons. The number of carbonyl (C=O) groups is 2. The number of amides is 1. The van der Waals surface area contributed by atoms with E-state index in [-0.39, 0.29) is 17.6 Å². The Morgan fingerprint density at radius 1 is 1.03 bits per heavy atom. The number of anilines is 1. The van der Waals surface area contributed by atoms with Gasteiger partial charge in [-0.2, -0.15) is 0 Å². The van der Waals surface area contributed by atoms with Crippen LogP contribution in [0.1, 0.15) is 44.3 Å². The third kappa shape index (κ3) is 4.00. The molecule has 0 spiro atoms. The number of hydrogen-bond donors (Lipinski definition) is 1. The first-order valence-electron chi connectivity index (χ1n) is 9.56. The zero-order valence-electron chi connectivity index (χ0n) is 16.7. The fourth-order valence-corrected chi connectivity index (χ4v) is 3.58. The van der Waals surface area contributed by atoms with E-state index in [1.54, 1.807) is 18.2 Å². The summed E-state index contributed by atoms with van der Waals surface area (Å²) < 4.78 is 10.4. The summed E-state index contributed by atoms with van der Waals surface area (Å²) in [5.74, 6) is 0.841. The highest BCUT2D eigenvalue weighted by Gasteiger charge is 2.28. The van der Waals surface area contributed by atoms with Gasteiger partial charge < -0.3 is 9.47 Å². The monoisotopic (exact) mass is 403 g/mol. The van der Waals surface area contributed by atoms with E-state index in [1.807, 2.05) is 30.3 Å². The average Bonchev–Trinajstić information content (AvgIpc) is 2.79. The van der Waals surface area contributed by atoms with Crippen molar-refractivity contribution in [1.82, 2.24) is 9.97 Å². The van der Waals surface area contributed by atoms with Crippen LogP contribution >= 0.6 is 0 Å². The predicted molar refractivity (Wildman–Crippen MR) is 111 cm³/mol. The van der Waals surface area contributed by atoms with Crippen molar-refractivity contribution in [3.8, 4) is 11.5 Å². The molecule has 0 radical (unpaired) electrons. The van der Waals surface area contributed by atoms with E-state index in [9.17, 15) is 9.59 Å². The summed E-state index contributed by atoms with van der Waals surface area (Å²) in [5, 5.41) is 2.70. The standard InChI is InChI=1S/C23H21N3O4/c1-29-17-8-16(9-18(12-17)30-2)22(28)26-23-24-13-19-20(25-23)10-15(11-21(19)27)14-6-4-3-5-7-14/h3-9,12-13,15H,10-11H2,1-2H3,(H,24,25,26,28)/t15-/m1/s1. The summed E-state index contributed by atoms with van der Waals surface area (Å²) >= 11 is 0. The first-order chi connectivity index (χ1) is 14.6. The van der Waals surface area contributed by atoms with Crippen molar-refractivity contribution in [2.45, 2.75) is 18.8 Å². The number of hydrogen-bond acceptors (Lipinski definition) is 6.